The summed E-state index contributed by atoms with van der Waals surface area (Å²) in [7, 11) is -2.23. The van der Waals surface area contributed by atoms with Gasteiger partial charge in [-0.3, -0.25) is 9.10 Å². The van der Waals surface area contributed by atoms with E-state index in [0.29, 0.717) is 10.8 Å². The molecule has 2 rings (SSSR count). The van der Waals surface area contributed by atoms with E-state index >= 15 is 0 Å². The lowest BCUT2D eigenvalue weighted by atomic mass is 10.2. The number of carbonyl (C=O) groups excluding carboxylic acids is 1. The second kappa shape index (κ2) is 8.82. The molecule has 0 bridgehead atoms. The molecule has 1 amide bonds. The number of methoxy groups -OCH3 is 1. The van der Waals surface area contributed by atoms with Gasteiger partial charge in [0.05, 0.1) is 24.1 Å². The van der Waals surface area contributed by atoms with Gasteiger partial charge < -0.3 is 10.1 Å². The van der Waals surface area contributed by atoms with Gasteiger partial charge >= 0.3 is 0 Å². The number of amides is 1. The lowest BCUT2D eigenvalue weighted by Gasteiger charge is -2.29. The van der Waals surface area contributed by atoms with Gasteiger partial charge in [0.25, 0.3) is 0 Å². The molecule has 0 spiro atoms. The largest absolute Gasteiger partial charge is 0.497 e. The Morgan fingerprint density at radius 1 is 1.22 bits per heavy atom. The molecule has 0 aliphatic carbocycles. The Morgan fingerprint density at radius 2 is 1.93 bits per heavy atom. The lowest BCUT2D eigenvalue weighted by Crippen LogP contribution is -2.47. The van der Waals surface area contributed by atoms with Gasteiger partial charge in [0.1, 0.15) is 11.8 Å². The minimum absolute atomic E-state index is 0.149. The quantitative estimate of drug-likeness (QED) is 0.729. The van der Waals surface area contributed by atoms with Gasteiger partial charge in [-0.05, 0) is 42.8 Å². The molecular weight excluding hydrogens is 411 g/mol. The zero-order valence-electron chi connectivity index (χ0n) is 15.1. The number of nitrogens with zero attached hydrogens (tertiary/aromatic N) is 1. The number of anilines is 1. The SMILES string of the molecule is COc1cccc(CNC(=O)C(C)N(c2cc(Cl)ccc2Cl)S(C)(=O)=O)c1. The summed E-state index contributed by atoms with van der Waals surface area (Å²) in [5.74, 6) is 0.192. The summed E-state index contributed by atoms with van der Waals surface area (Å²) in [6.45, 7) is 1.71. The van der Waals surface area contributed by atoms with Crippen LogP contribution < -0.4 is 14.4 Å². The first kappa shape index (κ1) is 21.3. The van der Waals surface area contributed by atoms with Crippen LogP contribution in [0.5, 0.6) is 5.75 Å². The van der Waals surface area contributed by atoms with Crippen molar-refractivity contribution in [3.05, 3.63) is 58.1 Å². The number of hydrogen-bond donors (Lipinski definition) is 1. The predicted molar refractivity (Wildman–Crippen MR) is 108 cm³/mol. The Hall–Kier alpha value is -1.96. The first-order valence-corrected chi connectivity index (χ1v) is 10.6. The highest BCUT2D eigenvalue weighted by Crippen LogP contribution is 2.32. The third kappa shape index (κ3) is 5.51. The van der Waals surface area contributed by atoms with Crippen molar-refractivity contribution in [2.24, 2.45) is 0 Å². The summed E-state index contributed by atoms with van der Waals surface area (Å²) in [6, 6.07) is 10.6. The first-order valence-electron chi connectivity index (χ1n) is 7.98. The van der Waals surface area contributed by atoms with Gasteiger partial charge in [0, 0.05) is 11.6 Å². The van der Waals surface area contributed by atoms with Gasteiger partial charge in [-0.25, -0.2) is 8.42 Å². The molecule has 2 aromatic carbocycles. The Balaban J connectivity index is 2.23. The lowest BCUT2D eigenvalue weighted by molar-refractivity contribution is -0.122. The molecule has 1 unspecified atom stereocenters. The number of halogens is 2. The highest BCUT2D eigenvalue weighted by Gasteiger charge is 2.30. The average Bonchev–Trinajstić information content (AvgIpc) is 2.61. The van der Waals surface area contributed by atoms with Crippen LogP contribution in [0.3, 0.4) is 0 Å². The average molecular weight is 431 g/mol. The van der Waals surface area contributed by atoms with E-state index in [1.54, 1.807) is 31.4 Å². The third-order valence-corrected chi connectivity index (χ3v) is 5.62. The summed E-state index contributed by atoms with van der Waals surface area (Å²) in [6.07, 6.45) is 1.01. The van der Waals surface area contributed by atoms with E-state index in [1.165, 1.54) is 19.1 Å². The molecule has 0 aromatic heterocycles. The molecular formula is C18H20Cl2N2O4S. The summed E-state index contributed by atoms with van der Waals surface area (Å²) in [5, 5.41) is 3.22. The smallest absolute Gasteiger partial charge is 0.243 e. The van der Waals surface area contributed by atoms with E-state index < -0.39 is 22.0 Å². The molecule has 0 aliphatic heterocycles. The highest BCUT2D eigenvalue weighted by atomic mass is 35.5. The predicted octanol–water partition coefficient (Wildman–Crippen LogP) is 3.47. The fraction of sp³-hybridized carbons (Fsp3) is 0.278. The van der Waals surface area contributed by atoms with Crippen LogP contribution in [0.4, 0.5) is 5.69 Å². The maximum absolute atomic E-state index is 12.6. The van der Waals surface area contributed by atoms with Crippen molar-refractivity contribution in [1.82, 2.24) is 5.32 Å². The molecule has 0 saturated heterocycles. The molecule has 1 N–H and O–H groups in total. The second-order valence-corrected chi connectivity index (χ2v) is 8.60. The number of carbonyl (C=O) groups is 1. The van der Waals surface area contributed by atoms with Crippen LogP contribution in [0.2, 0.25) is 10.0 Å². The highest BCUT2D eigenvalue weighted by molar-refractivity contribution is 7.92. The summed E-state index contributed by atoms with van der Waals surface area (Å²) >= 11 is 12.1. The van der Waals surface area contributed by atoms with E-state index in [4.69, 9.17) is 27.9 Å². The number of ether oxygens (including phenoxy) is 1. The van der Waals surface area contributed by atoms with E-state index in [1.807, 2.05) is 6.07 Å². The van der Waals surface area contributed by atoms with Crippen LogP contribution in [0, 0.1) is 0 Å². The van der Waals surface area contributed by atoms with Crippen molar-refractivity contribution in [3.63, 3.8) is 0 Å². The topological polar surface area (TPSA) is 75.7 Å². The number of benzene rings is 2. The molecule has 0 fully saturated rings. The maximum atomic E-state index is 12.6. The molecule has 0 aliphatic rings. The summed E-state index contributed by atoms with van der Waals surface area (Å²) in [5.41, 5.74) is 0.970. The van der Waals surface area contributed by atoms with E-state index in [0.717, 1.165) is 16.1 Å². The molecule has 2 aromatic rings. The van der Waals surface area contributed by atoms with Crippen molar-refractivity contribution >= 4 is 44.8 Å². The summed E-state index contributed by atoms with van der Waals surface area (Å²) in [4.78, 5) is 12.6. The van der Waals surface area contributed by atoms with E-state index in [2.05, 4.69) is 5.32 Å². The molecule has 0 heterocycles. The summed E-state index contributed by atoms with van der Waals surface area (Å²) < 4.78 is 30.8. The van der Waals surface area contributed by atoms with Crippen molar-refractivity contribution in [3.8, 4) is 5.75 Å². The Kier molecular flexibility index (Phi) is 6.97. The van der Waals surface area contributed by atoms with Crippen LogP contribution in [-0.4, -0.2) is 33.7 Å². The molecule has 6 nitrogen and oxygen atoms in total. The van der Waals surface area contributed by atoms with Crippen LogP contribution in [0.25, 0.3) is 0 Å². The van der Waals surface area contributed by atoms with Gasteiger partial charge in [-0.15, -0.1) is 0 Å². The van der Waals surface area contributed by atoms with Gasteiger partial charge in [0.2, 0.25) is 15.9 Å². The molecule has 9 heteroatoms. The minimum Gasteiger partial charge on any atom is -0.497 e. The van der Waals surface area contributed by atoms with Crippen molar-refractivity contribution in [2.45, 2.75) is 19.5 Å². The van der Waals surface area contributed by atoms with Crippen LogP contribution in [-0.2, 0) is 21.4 Å². The zero-order chi connectivity index (χ0) is 20.2. The zero-order valence-corrected chi connectivity index (χ0v) is 17.4. The Bertz CT molecular complexity index is 935. The molecule has 0 saturated carbocycles. The molecule has 27 heavy (non-hydrogen) atoms. The molecule has 0 radical (unpaired) electrons. The van der Waals surface area contributed by atoms with Crippen LogP contribution in [0.1, 0.15) is 12.5 Å². The van der Waals surface area contributed by atoms with Crippen LogP contribution in [0.15, 0.2) is 42.5 Å². The van der Waals surface area contributed by atoms with Crippen molar-refractivity contribution < 1.29 is 17.9 Å². The first-order chi connectivity index (χ1) is 12.6. The van der Waals surface area contributed by atoms with Crippen LogP contribution >= 0.6 is 23.2 Å². The van der Waals surface area contributed by atoms with Gasteiger partial charge in [-0.2, -0.15) is 0 Å². The third-order valence-electron chi connectivity index (χ3n) is 3.84. The normalized spacial score (nSPS) is 12.3. The monoisotopic (exact) mass is 430 g/mol. The van der Waals surface area contributed by atoms with Crippen molar-refractivity contribution in [1.29, 1.82) is 0 Å². The number of rotatable bonds is 7. The standard InChI is InChI=1S/C18H20Cl2N2O4S/c1-12(18(23)21-11-13-5-4-6-15(9-13)26-2)22(27(3,24)25)17-10-14(19)7-8-16(17)20/h4-10,12H,11H2,1-3H3,(H,21,23). The molecule has 146 valence electrons. The number of hydrogen-bond acceptors (Lipinski definition) is 4. The van der Waals surface area contributed by atoms with E-state index in [9.17, 15) is 13.2 Å². The van der Waals surface area contributed by atoms with Gasteiger partial charge in [-0.1, -0.05) is 35.3 Å². The maximum Gasteiger partial charge on any atom is 0.243 e. The minimum atomic E-state index is -3.79. The van der Waals surface area contributed by atoms with Gasteiger partial charge in [0.15, 0.2) is 0 Å². The van der Waals surface area contributed by atoms with E-state index in [-0.39, 0.29) is 17.3 Å². The second-order valence-electron chi connectivity index (χ2n) is 5.90. The van der Waals surface area contributed by atoms with Crippen molar-refractivity contribution in [2.75, 3.05) is 17.7 Å². The number of sulfonamides is 1. The molecule has 1 atom stereocenters. The fourth-order valence-corrected chi connectivity index (χ4v) is 4.16. The fourth-order valence-electron chi connectivity index (χ4n) is 2.56. The Labute approximate surface area is 169 Å². The number of nitrogens with one attached hydrogen (secondary N) is 1. The Morgan fingerprint density at radius 3 is 2.56 bits per heavy atom.